The molecule has 0 bridgehead atoms. The van der Waals surface area contributed by atoms with Crippen molar-refractivity contribution in [3.8, 4) is 0 Å². The molecule has 0 fully saturated rings. The average Bonchev–Trinajstić information content (AvgIpc) is 2.97. The van der Waals surface area contributed by atoms with Crippen molar-refractivity contribution in [3.63, 3.8) is 0 Å². The van der Waals surface area contributed by atoms with Gasteiger partial charge < -0.3 is 35.2 Å². The first-order valence-corrected chi connectivity index (χ1v) is 8.26. The quantitative estimate of drug-likeness (QED) is 0.249. The van der Waals surface area contributed by atoms with E-state index >= 15 is 0 Å². The Hall–Kier alpha value is -1.79. The summed E-state index contributed by atoms with van der Waals surface area (Å²) in [7, 11) is 0. The van der Waals surface area contributed by atoms with Gasteiger partial charge in [-0.15, -0.1) is 0 Å². The van der Waals surface area contributed by atoms with Crippen LogP contribution in [-0.2, 0) is 19.1 Å². The summed E-state index contributed by atoms with van der Waals surface area (Å²) in [6.07, 6.45) is -2.66. The summed E-state index contributed by atoms with van der Waals surface area (Å²) in [5.41, 5.74) is 0. The third-order valence-corrected chi connectivity index (χ3v) is 4.67. The van der Waals surface area contributed by atoms with E-state index in [9.17, 15) is 24.9 Å². The molecule has 10 nitrogen and oxygen atoms in total. The smallest absolute Gasteiger partial charge is 0.380 e. The molecule has 25 heavy (non-hydrogen) atoms. The van der Waals surface area contributed by atoms with Crippen LogP contribution in [0.5, 0.6) is 0 Å². The van der Waals surface area contributed by atoms with Crippen molar-refractivity contribution in [2.24, 2.45) is 0 Å². The lowest BCUT2D eigenvalue weighted by atomic mass is 10.1. The molecule has 6 N–H and O–H groups in total. The molecular weight excluding hydrogens is 356 g/mol. The van der Waals surface area contributed by atoms with Gasteiger partial charge in [0.25, 0.3) is 5.78 Å². The zero-order chi connectivity index (χ0) is 18.8. The van der Waals surface area contributed by atoms with E-state index in [4.69, 9.17) is 9.84 Å². The highest BCUT2D eigenvalue weighted by atomic mass is 32.2. The van der Waals surface area contributed by atoms with Gasteiger partial charge in [-0.3, -0.25) is 10.1 Å². The molecule has 11 heteroatoms. The Bertz CT molecular complexity index is 622. The molecule has 0 aromatic rings. The summed E-state index contributed by atoms with van der Waals surface area (Å²) < 4.78 is 9.96. The second-order valence-electron chi connectivity index (χ2n) is 5.43. The number of ether oxygens (including phenoxy) is 2. The van der Waals surface area contributed by atoms with Gasteiger partial charge in [-0.1, -0.05) is 11.8 Å². The highest BCUT2D eigenvalue weighted by molar-refractivity contribution is 8.05. The fourth-order valence-electron chi connectivity index (χ4n) is 2.25. The van der Waals surface area contributed by atoms with E-state index in [0.717, 1.165) is 11.8 Å². The van der Waals surface area contributed by atoms with Crippen LogP contribution in [0.25, 0.3) is 0 Å². The normalized spacial score (nSPS) is 32.2. The Morgan fingerprint density at radius 2 is 2.12 bits per heavy atom. The zero-order valence-electron chi connectivity index (χ0n) is 13.6. The number of carbonyl (C=O) groups is 2. The van der Waals surface area contributed by atoms with Gasteiger partial charge in [0.05, 0.1) is 18.1 Å². The highest BCUT2D eigenvalue weighted by Gasteiger charge is 2.43. The van der Waals surface area contributed by atoms with Crippen LogP contribution >= 0.6 is 11.8 Å². The molecule has 0 radical (unpaired) electrons. The van der Waals surface area contributed by atoms with Crippen molar-refractivity contribution in [1.82, 2.24) is 10.6 Å². The van der Waals surface area contributed by atoms with Crippen molar-refractivity contribution in [1.29, 1.82) is 0 Å². The first kappa shape index (κ1) is 19.5. The van der Waals surface area contributed by atoms with Crippen LogP contribution in [0.2, 0.25) is 0 Å². The van der Waals surface area contributed by atoms with Crippen LogP contribution < -0.4 is 10.6 Å². The first-order chi connectivity index (χ1) is 11.7. The monoisotopic (exact) mass is 376 g/mol. The molecule has 0 spiro atoms. The number of hydrogen-bond acceptors (Lipinski definition) is 11. The highest BCUT2D eigenvalue weighted by Crippen LogP contribution is 2.35. The molecule has 0 saturated carbocycles. The van der Waals surface area contributed by atoms with Crippen molar-refractivity contribution in [3.05, 3.63) is 22.6 Å². The SMILES string of the molecule is CCOC(=O)C(=O)C1=CNC(C)(NC2OC(CO)C(O)=C(O)C2O)S1. The van der Waals surface area contributed by atoms with Crippen LogP contribution in [0.1, 0.15) is 13.8 Å². The molecule has 2 aliphatic heterocycles. The number of ketones is 1. The summed E-state index contributed by atoms with van der Waals surface area (Å²) in [6.45, 7) is 2.66. The first-order valence-electron chi connectivity index (χ1n) is 7.44. The Morgan fingerprint density at radius 3 is 2.72 bits per heavy atom. The number of hydrogen-bond donors (Lipinski definition) is 6. The van der Waals surface area contributed by atoms with Gasteiger partial charge in [-0.25, -0.2) is 4.79 Å². The maximum atomic E-state index is 11.9. The third kappa shape index (κ3) is 4.07. The summed E-state index contributed by atoms with van der Waals surface area (Å²) in [4.78, 5) is 22.5. The topological polar surface area (TPSA) is 158 Å². The minimum absolute atomic E-state index is 0.0746. The minimum Gasteiger partial charge on any atom is -0.506 e. The van der Waals surface area contributed by atoms with E-state index in [1.165, 1.54) is 6.20 Å². The number of nitrogens with one attached hydrogen (secondary N) is 2. The molecule has 140 valence electrons. The van der Waals surface area contributed by atoms with E-state index in [2.05, 4.69) is 15.4 Å². The Kier molecular flexibility index (Phi) is 5.95. The summed E-state index contributed by atoms with van der Waals surface area (Å²) in [6, 6.07) is 0. The van der Waals surface area contributed by atoms with Gasteiger partial charge in [-0.2, -0.15) is 0 Å². The maximum Gasteiger partial charge on any atom is 0.380 e. The second kappa shape index (κ2) is 7.62. The summed E-state index contributed by atoms with van der Waals surface area (Å²) in [5, 5.41) is 44.2. The van der Waals surface area contributed by atoms with Crippen LogP contribution in [0.4, 0.5) is 0 Å². The molecule has 0 aromatic carbocycles. The Balaban J connectivity index is 2.04. The number of esters is 1. The molecule has 0 saturated heterocycles. The molecular formula is C14H20N2O8S. The van der Waals surface area contributed by atoms with Crippen molar-refractivity contribution in [2.75, 3.05) is 13.2 Å². The number of rotatable bonds is 6. The van der Waals surface area contributed by atoms with Gasteiger partial charge in [0.2, 0.25) is 0 Å². The minimum atomic E-state index is -1.59. The van der Waals surface area contributed by atoms with Gasteiger partial charge in [-0.05, 0) is 13.8 Å². The van der Waals surface area contributed by atoms with Crippen molar-refractivity contribution >= 4 is 23.5 Å². The van der Waals surface area contributed by atoms with E-state index in [0.29, 0.717) is 0 Å². The second-order valence-corrected chi connectivity index (χ2v) is 6.89. The molecule has 0 aliphatic carbocycles. The van der Waals surface area contributed by atoms with E-state index in [-0.39, 0.29) is 11.5 Å². The number of thioether (sulfide) groups is 1. The molecule has 0 amide bonds. The number of carbonyl (C=O) groups excluding carboxylic acids is 2. The predicted octanol–water partition coefficient (Wildman–Crippen LogP) is -1.03. The van der Waals surface area contributed by atoms with Gasteiger partial charge in [0.15, 0.2) is 17.6 Å². The number of Topliss-reactive ketones (excluding diaryl/α,β-unsaturated/α-hetero) is 1. The molecule has 0 aromatic heterocycles. The van der Waals surface area contributed by atoms with E-state index in [1.54, 1.807) is 13.8 Å². The Labute approximate surface area is 147 Å². The number of aliphatic hydroxyl groups excluding tert-OH is 4. The molecule has 2 rings (SSSR count). The largest absolute Gasteiger partial charge is 0.506 e. The summed E-state index contributed by atoms with van der Waals surface area (Å²) >= 11 is 0.957. The van der Waals surface area contributed by atoms with Gasteiger partial charge in [0, 0.05) is 6.20 Å². The van der Waals surface area contributed by atoms with Crippen molar-refractivity contribution in [2.45, 2.75) is 37.3 Å². The van der Waals surface area contributed by atoms with Crippen LogP contribution in [0, 0.1) is 0 Å². The maximum absolute atomic E-state index is 11.9. The van der Waals surface area contributed by atoms with Crippen LogP contribution in [0.15, 0.2) is 22.6 Å². The van der Waals surface area contributed by atoms with Gasteiger partial charge in [0.1, 0.15) is 17.3 Å². The van der Waals surface area contributed by atoms with Crippen molar-refractivity contribution < 1.29 is 39.5 Å². The molecule has 2 heterocycles. The molecule has 2 aliphatic rings. The fourth-order valence-corrected chi connectivity index (χ4v) is 3.28. The molecule has 4 atom stereocenters. The average molecular weight is 376 g/mol. The fraction of sp³-hybridized carbons (Fsp3) is 0.571. The predicted molar refractivity (Wildman–Crippen MR) is 86.0 cm³/mol. The standard InChI is InChI=1S/C14H20N2O8S/c1-3-23-13(22)9(19)7-4-15-14(2,25-7)16-12-11(21)10(20)8(18)6(5-17)24-12/h4,6,11-12,15-18,20-21H,3,5H2,1-2H3. The van der Waals surface area contributed by atoms with Crippen LogP contribution in [-0.4, -0.2) is 68.8 Å². The summed E-state index contributed by atoms with van der Waals surface area (Å²) in [5.74, 6) is -3.16. The molecule has 4 unspecified atom stereocenters. The van der Waals surface area contributed by atoms with E-state index in [1.807, 2.05) is 0 Å². The van der Waals surface area contributed by atoms with Gasteiger partial charge >= 0.3 is 5.97 Å². The van der Waals surface area contributed by atoms with Crippen LogP contribution in [0.3, 0.4) is 0 Å². The third-order valence-electron chi connectivity index (χ3n) is 3.51. The number of aliphatic hydroxyl groups is 4. The zero-order valence-corrected chi connectivity index (χ0v) is 14.4. The Morgan fingerprint density at radius 1 is 1.44 bits per heavy atom. The lowest BCUT2D eigenvalue weighted by Gasteiger charge is -2.37. The lowest BCUT2D eigenvalue weighted by Crippen LogP contribution is -2.59. The van der Waals surface area contributed by atoms with E-state index < -0.39 is 53.3 Å². The lowest BCUT2D eigenvalue weighted by molar-refractivity contribution is -0.151.